The third kappa shape index (κ3) is 2.35. The Morgan fingerprint density at radius 2 is 1.95 bits per heavy atom. The van der Waals surface area contributed by atoms with Crippen molar-refractivity contribution in [2.75, 3.05) is 37.6 Å². The zero-order valence-electron chi connectivity index (χ0n) is 12.0. The summed E-state index contributed by atoms with van der Waals surface area (Å²) in [6.45, 7) is 5.92. The van der Waals surface area contributed by atoms with Gasteiger partial charge >= 0.3 is 0 Å². The van der Waals surface area contributed by atoms with Crippen molar-refractivity contribution >= 4 is 5.82 Å². The third-order valence-corrected chi connectivity index (χ3v) is 5.25. The fraction of sp³-hybridized carbons (Fsp3) is 0.588. The van der Waals surface area contributed by atoms with E-state index in [2.05, 4.69) is 39.1 Å². The highest BCUT2D eigenvalue weighted by molar-refractivity contribution is 5.38. The number of pyridine rings is 1. The molecule has 3 atom stereocenters. The van der Waals surface area contributed by atoms with E-state index < -0.39 is 0 Å². The zero-order valence-corrected chi connectivity index (χ0v) is 12.0. The van der Waals surface area contributed by atoms with E-state index in [9.17, 15) is 0 Å². The highest BCUT2D eigenvalue weighted by Gasteiger charge is 2.36. The van der Waals surface area contributed by atoms with Crippen LogP contribution in [0.5, 0.6) is 0 Å². The van der Waals surface area contributed by atoms with Crippen LogP contribution in [0.25, 0.3) is 0 Å². The van der Waals surface area contributed by atoms with Crippen LogP contribution in [-0.4, -0.2) is 42.6 Å². The third-order valence-electron chi connectivity index (χ3n) is 5.25. The van der Waals surface area contributed by atoms with Gasteiger partial charge in [0.05, 0.1) is 0 Å². The van der Waals surface area contributed by atoms with Gasteiger partial charge in [-0.1, -0.05) is 18.2 Å². The molecule has 1 saturated carbocycles. The first-order valence-corrected chi connectivity index (χ1v) is 7.95. The van der Waals surface area contributed by atoms with E-state index in [0.29, 0.717) is 0 Å². The van der Waals surface area contributed by atoms with E-state index in [1.165, 1.54) is 32.5 Å². The average Bonchev–Trinajstić information content (AvgIpc) is 3.12. The Hall–Kier alpha value is -1.35. The van der Waals surface area contributed by atoms with Crippen LogP contribution < -0.4 is 4.90 Å². The van der Waals surface area contributed by atoms with Gasteiger partial charge in [0.2, 0.25) is 0 Å². The molecule has 106 valence electrons. The first-order chi connectivity index (χ1) is 9.88. The second-order valence-corrected chi connectivity index (χ2v) is 6.52. The molecule has 0 amide bonds. The number of nitrogens with zero attached hydrogens (tertiary/aromatic N) is 3. The number of allylic oxidation sites excluding steroid dienone is 2. The Bertz CT molecular complexity index is 476. The lowest BCUT2D eigenvalue weighted by atomic mass is 9.93. The molecular formula is C17H23N3. The first kappa shape index (κ1) is 12.4. The number of rotatable bonds is 3. The van der Waals surface area contributed by atoms with Crippen molar-refractivity contribution in [3.05, 3.63) is 36.5 Å². The van der Waals surface area contributed by atoms with Crippen LogP contribution in [0, 0.1) is 17.8 Å². The minimum atomic E-state index is 0.883. The molecule has 3 heteroatoms. The first-order valence-electron chi connectivity index (χ1n) is 7.95. The predicted molar refractivity (Wildman–Crippen MR) is 81.7 cm³/mol. The van der Waals surface area contributed by atoms with Gasteiger partial charge in [-0.15, -0.1) is 0 Å². The van der Waals surface area contributed by atoms with Crippen LogP contribution >= 0.6 is 0 Å². The molecule has 1 aliphatic heterocycles. The molecule has 0 radical (unpaired) electrons. The molecule has 3 unspecified atom stereocenters. The summed E-state index contributed by atoms with van der Waals surface area (Å²) < 4.78 is 0. The molecule has 2 bridgehead atoms. The minimum absolute atomic E-state index is 0.883. The van der Waals surface area contributed by atoms with Gasteiger partial charge in [0.1, 0.15) is 5.82 Å². The maximum atomic E-state index is 4.46. The SMILES string of the molecule is C1=CC2CC1CC2CN1CCN(c2ccccn2)CC1. The second kappa shape index (κ2) is 5.21. The summed E-state index contributed by atoms with van der Waals surface area (Å²) in [7, 11) is 0. The monoisotopic (exact) mass is 269 g/mol. The van der Waals surface area contributed by atoms with Crippen LogP contribution in [0.1, 0.15) is 12.8 Å². The fourth-order valence-electron chi connectivity index (χ4n) is 4.14. The summed E-state index contributed by atoms with van der Waals surface area (Å²) in [6.07, 6.45) is 9.67. The highest BCUT2D eigenvalue weighted by Crippen LogP contribution is 2.43. The van der Waals surface area contributed by atoms with Crippen molar-refractivity contribution in [2.45, 2.75) is 12.8 Å². The number of piperazine rings is 1. The summed E-state index contributed by atoms with van der Waals surface area (Å²) in [5.74, 6) is 3.84. The molecule has 1 saturated heterocycles. The fourth-order valence-corrected chi connectivity index (χ4v) is 4.14. The maximum Gasteiger partial charge on any atom is 0.128 e. The summed E-state index contributed by atoms with van der Waals surface area (Å²) in [6, 6.07) is 6.19. The van der Waals surface area contributed by atoms with Gasteiger partial charge in [-0.2, -0.15) is 0 Å². The molecule has 1 aromatic heterocycles. The Balaban J connectivity index is 1.31. The Morgan fingerprint density at radius 3 is 2.60 bits per heavy atom. The number of aromatic nitrogens is 1. The van der Waals surface area contributed by atoms with Gasteiger partial charge in [0.15, 0.2) is 0 Å². The van der Waals surface area contributed by atoms with E-state index in [1.807, 2.05) is 12.3 Å². The molecule has 3 aliphatic rings. The molecule has 20 heavy (non-hydrogen) atoms. The van der Waals surface area contributed by atoms with Crippen LogP contribution in [0.2, 0.25) is 0 Å². The lowest BCUT2D eigenvalue weighted by Crippen LogP contribution is -2.48. The summed E-state index contributed by atoms with van der Waals surface area (Å²) in [4.78, 5) is 9.54. The van der Waals surface area contributed by atoms with Gasteiger partial charge < -0.3 is 4.90 Å². The standard InChI is InChI=1S/C17H23N3/c1-2-6-18-17(3-1)20-9-7-19(8-10-20)13-16-12-14-4-5-15(16)11-14/h1-6,14-16H,7-13H2. The molecule has 0 spiro atoms. The Kier molecular flexibility index (Phi) is 3.23. The van der Waals surface area contributed by atoms with E-state index in [-0.39, 0.29) is 0 Å². The highest BCUT2D eigenvalue weighted by atomic mass is 15.3. The smallest absolute Gasteiger partial charge is 0.128 e. The Labute approximate surface area is 121 Å². The second-order valence-electron chi connectivity index (χ2n) is 6.52. The van der Waals surface area contributed by atoms with Crippen LogP contribution in [0.4, 0.5) is 5.82 Å². The van der Waals surface area contributed by atoms with Crippen LogP contribution in [0.15, 0.2) is 36.5 Å². The number of hydrogen-bond donors (Lipinski definition) is 0. The predicted octanol–water partition coefficient (Wildman–Crippen LogP) is 2.42. The molecule has 2 aliphatic carbocycles. The van der Waals surface area contributed by atoms with Gasteiger partial charge in [-0.3, -0.25) is 4.90 Å². The molecular weight excluding hydrogens is 246 g/mol. The molecule has 4 rings (SSSR count). The van der Waals surface area contributed by atoms with Crippen molar-refractivity contribution in [3.8, 4) is 0 Å². The summed E-state index contributed by atoms with van der Waals surface area (Å²) in [5, 5.41) is 0. The van der Waals surface area contributed by atoms with Crippen molar-refractivity contribution in [1.82, 2.24) is 9.88 Å². The quantitative estimate of drug-likeness (QED) is 0.786. The largest absolute Gasteiger partial charge is 0.354 e. The Morgan fingerprint density at radius 1 is 1.05 bits per heavy atom. The normalized spacial score (nSPS) is 33.0. The topological polar surface area (TPSA) is 19.4 Å². The maximum absolute atomic E-state index is 4.46. The molecule has 1 aromatic rings. The van der Waals surface area contributed by atoms with E-state index in [1.54, 1.807) is 0 Å². The van der Waals surface area contributed by atoms with E-state index in [0.717, 1.165) is 36.7 Å². The number of fused-ring (bicyclic) bond motifs is 2. The lowest BCUT2D eigenvalue weighted by Gasteiger charge is -2.37. The van der Waals surface area contributed by atoms with Gasteiger partial charge in [0.25, 0.3) is 0 Å². The molecule has 0 N–H and O–H groups in total. The molecule has 2 heterocycles. The number of anilines is 1. The minimum Gasteiger partial charge on any atom is -0.354 e. The lowest BCUT2D eigenvalue weighted by molar-refractivity contribution is 0.204. The molecule has 0 aromatic carbocycles. The van der Waals surface area contributed by atoms with Crippen molar-refractivity contribution in [1.29, 1.82) is 0 Å². The van der Waals surface area contributed by atoms with Crippen LogP contribution in [-0.2, 0) is 0 Å². The van der Waals surface area contributed by atoms with Crippen molar-refractivity contribution in [2.24, 2.45) is 17.8 Å². The average molecular weight is 269 g/mol. The zero-order chi connectivity index (χ0) is 13.4. The molecule has 3 nitrogen and oxygen atoms in total. The van der Waals surface area contributed by atoms with E-state index in [4.69, 9.17) is 0 Å². The van der Waals surface area contributed by atoms with Crippen molar-refractivity contribution < 1.29 is 0 Å². The van der Waals surface area contributed by atoms with E-state index >= 15 is 0 Å². The summed E-state index contributed by atoms with van der Waals surface area (Å²) >= 11 is 0. The summed E-state index contributed by atoms with van der Waals surface area (Å²) in [5.41, 5.74) is 0. The molecule has 2 fully saturated rings. The van der Waals surface area contributed by atoms with Gasteiger partial charge in [-0.05, 0) is 42.7 Å². The van der Waals surface area contributed by atoms with Crippen LogP contribution in [0.3, 0.4) is 0 Å². The van der Waals surface area contributed by atoms with Gasteiger partial charge in [-0.25, -0.2) is 4.98 Å². The number of hydrogen-bond acceptors (Lipinski definition) is 3. The van der Waals surface area contributed by atoms with Crippen molar-refractivity contribution in [3.63, 3.8) is 0 Å². The van der Waals surface area contributed by atoms with Gasteiger partial charge in [0, 0.05) is 38.9 Å².